The van der Waals surface area contributed by atoms with Crippen molar-refractivity contribution >= 4 is 21.4 Å². The van der Waals surface area contributed by atoms with Crippen molar-refractivity contribution in [2.45, 2.75) is 30.8 Å². The molecule has 7 heteroatoms. The van der Waals surface area contributed by atoms with Crippen molar-refractivity contribution in [1.82, 2.24) is 9.62 Å². The summed E-state index contributed by atoms with van der Waals surface area (Å²) in [6.45, 7) is 4.68. The Hall–Kier alpha value is -0.470. The molecule has 0 spiro atoms. The molecule has 0 amide bonds. The number of thiophene rings is 1. The standard InChI is InChI=1S/C11H21N3O2S2/c1-11(2,14(3)4)8-13-18(15,16)10-5-9(6-12)17-7-10/h5,7,13H,6,8,12H2,1-4H3. The normalized spacial score (nSPS) is 13.2. The minimum atomic E-state index is -3.44. The smallest absolute Gasteiger partial charge is 0.241 e. The first-order valence-electron chi connectivity index (χ1n) is 5.63. The van der Waals surface area contributed by atoms with E-state index in [4.69, 9.17) is 5.73 Å². The molecule has 0 saturated heterocycles. The molecule has 0 radical (unpaired) electrons. The zero-order chi connectivity index (χ0) is 14.0. The lowest BCUT2D eigenvalue weighted by Gasteiger charge is -2.32. The van der Waals surface area contributed by atoms with Crippen LogP contribution in [0.5, 0.6) is 0 Å². The summed E-state index contributed by atoms with van der Waals surface area (Å²) in [5, 5.41) is 1.62. The van der Waals surface area contributed by atoms with Gasteiger partial charge in [0.1, 0.15) is 0 Å². The highest BCUT2D eigenvalue weighted by Gasteiger charge is 2.24. The molecule has 0 aliphatic carbocycles. The molecule has 0 aliphatic heterocycles. The largest absolute Gasteiger partial charge is 0.326 e. The molecule has 0 atom stereocenters. The van der Waals surface area contributed by atoms with Crippen molar-refractivity contribution < 1.29 is 8.42 Å². The van der Waals surface area contributed by atoms with E-state index < -0.39 is 10.0 Å². The highest BCUT2D eigenvalue weighted by atomic mass is 32.2. The van der Waals surface area contributed by atoms with E-state index in [9.17, 15) is 8.42 Å². The molecular formula is C11H21N3O2S2. The van der Waals surface area contributed by atoms with Gasteiger partial charge in [-0.2, -0.15) is 0 Å². The van der Waals surface area contributed by atoms with Crippen LogP contribution in [0.15, 0.2) is 16.3 Å². The van der Waals surface area contributed by atoms with E-state index in [2.05, 4.69) is 4.72 Å². The Morgan fingerprint density at radius 3 is 2.50 bits per heavy atom. The SMILES string of the molecule is CN(C)C(C)(C)CNS(=O)(=O)c1csc(CN)c1. The summed E-state index contributed by atoms with van der Waals surface area (Å²) < 4.78 is 26.8. The third-order valence-corrected chi connectivity index (χ3v) is 5.54. The van der Waals surface area contributed by atoms with Gasteiger partial charge in [-0.25, -0.2) is 13.1 Å². The monoisotopic (exact) mass is 291 g/mol. The fourth-order valence-electron chi connectivity index (χ4n) is 1.12. The molecule has 0 unspecified atom stereocenters. The topological polar surface area (TPSA) is 75.4 Å². The Morgan fingerprint density at radius 1 is 1.44 bits per heavy atom. The summed E-state index contributed by atoms with van der Waals surface area (Å²) in [5.41, 5.74) is 5.24. The lowest BCUT2D eigenvalue weighted by molar-refractivity contribution is 0.199. The maximum Gasteiger partial charge on any atom is 0.241 e. The minimum absolute atomic E-state index is 0.236. The number of likely N-dealkylation sites (N-methyl/N-ethyl adjacent to an activating group) is 1. The molecule has 5 nitrogen and oxygen atoms in total. The predicted molar refractivity (Wildman–Crippen MR) is 75.2 cm³/mol. The number of nitrogens with zero attached hydrogens (tertiary/aromatic N) is 1. The van der Waals surface area contributed by atoms with Crippen molar-refractivity contribution in [3.8, 4) is 0 Å². The molecule has 1 aromatic heterocycles. The quantitative estimate of drug-likeness (QED) is 0.814. The van der Waals surface area contributed by atoms with E-state index in [1.165, 1.54) is 11.3 Å². The lowest BCUT2D eigenvalue weighted by atomic mass is 10.1. The summed E-state index contributed by atoms with van der Waals surface area (Å²) in [5.74, 6) is 0. The number of nitrogens with two attached hydrogens (primary N) is 1. The first kappa shape index (κ1) is 15.6. The van der Waals surface area contributed by atoms with Crippen LogP contribution in [0.4, 0.5) is 0 Å². The van der Waals surface area contributed by atoms with Gasteiger partial charge in [0.15, 0.2) is 0 Å². The lowest BCUT2D eigenvalue weighted by Crippen LogP contribution is -2.48. The van der Waals surface area contributed by atoms with E-state index in [0.717, 1.165) is 4.88 Å². The van der Waals surface area contributed by atoms with E-state index in [0.29, 0.717) is 18.0 Å². The van der Waals surface area contributed by atoms with Crippen LogP contribution in [0.2, 0.25) is 0 Å². The van der Waals surface area contributed by atoms with E-state index in [1.54, 1.807) is 11.4 Å². The molecule has 1 rings (SSSR count). The van der Waals surface area contributed by atoms with Gasteiger partial charge in [0.05, 0.1) is 4.90 Å². The first-order chi connectivity index (χ1) is 8.19. The minimum Gasteiger partial charge on any atom is -0.326 e. The zero-order valence-corrected chi connectivity index (χ0v) is 12.9. The van der Waals surface area contributed by atoms with Crippen LogP contribution in [0.1, 0.15) is 18.7 Å². The van der Waals surface area contributed by atoms with Crippen molar-refractivity contribution in [3.05, 3.63) is 16.3 Å². The molecular weight excluding hydrogens is 270 g/mol. The molecule has 18 heavy (non-hydrogen) atoms. The van der Waals surface area contributed by atoms with Crippen LogP contribution >= 0.6 is 11.3 Å². The second-order valence-electron chi connectivity index (χ2n) is 4.98. The molecule has 1 aromatic rings. The van der Waals surface area contributed by atoms with Gasteiger partial charge in [0.2, 0.25) is 10.0 Å². The van der Waals surface area contributed by atoms with Crippen molar-refractivity contribution in [3.63, 3.8) is 0 Å². The van der Waals surface area contributed by atoms with Crippen LogP contribution in [-0.2, 0) is 16.6 Å². The molecule has 104 valence electrons. The van der Waals surface area contributed by atoms with Gasteiger partial charge in [-0.15, -0.1) is 11.3 Å². The number of rotatable bonds is 6. The maximum absolute atomic E-state index is 12.1. The number of hydrogen-bond donors (Lipinski definition) is 2. The van der Waals surface area contributed by atoms with E-state index >= 15 is 0 Å². The first-order valence-corrected chi connectivity index (χ1v) is 8.00. The Bertz CT molecular complexity index is 492. The predicted octanol–water partition coefficient (Wildman–Crippen LogP) is 0.825. The summed E-state index contributed by atoms with van der Waals surface area (Å²) in [6, 6.07) is 1.62. The Balaban J connectivity index is 2.77. The van der Waals surface area contributed by atoms with Gasteiger partial charge < -0.3 is 10.6 Å². The molecule has 0 saturated carbocycles. The van der Waals surface area contributed by atoms with Crippen LogP contribution in [0.25, 0.3) is 0 Å². The number of nitrogens with one attached hydrogen (secondary N) is 1. The van der Waals surface area contributed by atoms with Crippen molar-refractivity contribution in [2.75, 3.05) is 20.6 Å². The average Bonchev–Trinajstić information content (AvgIpc) is 2.75. The fraction of sp³-hybridized carbons (Fsp3) is 0.636. The van der Waals surface area contributed by atoms with Crippen molar-refractivity contribution in [1.29, 1.82) is 0 Å². The number of sulfonamides is 1. The zero-order valence-electron chi connectivity index (χ0n) is 11.2. The second-order valence-corrected chi connectivity index (χ2v) is 7.75. The summed E-state index contributed by atoms with van der Waals surface area (Å²) in [6.07, 6.45) is 0. The Labute approximate surface area is 113 Å². The average molecular weight is 291 g/mol. The molecule has 0 bridgehead atoms. The van der Waals surface area contributed by atoms with Crippen LogP contribution in [0.3, 0.4) is 0 Å². The van der Waals surface area contributed by atoms with Gasteiger partial charge in [0.25, 0.3) is 0 Å². The number of hydrogen-bond acceptors (Lipinski definition) is 5. The van der Waals surface area contributed by atoms with Crippen LogP contribution in [-0.4, -0.2) is 39.5 Å². The highest BCUT2D eigenvalue weighted by Crippen LogP contribution is 2.19. The maximum atomic E-state index is 12.1. The highest BCUT2D eigenvalue weighted by molar-refractivity contribution is 7.89. The van der Waals surface area contributed by atoms with Gasteiger partial charge in [-0.3, -0.25) is 0 Å². The molecule has 0 aliphatic rings. The van der Waals surface area contributed by atoms with E-state index in [1.807, 2.05) is 32.8 Å². The summed E-state index contributed by atoms with van der Waals surface area (Å²) in [4.78, 5) is 3.14. The second kappa shape index (κ2) is 5.66. The van der Waals surface area contributed by atoms with Crippen molar-refractivity contribution in [2.24, 2.45) is 5.73 Å². The fourth-order valence-corrected chi connectivity index (χ4v) is 3.48. The molecule has 3 N–H and O–H groups in total. The van der Waals surface area contributed by atoms with Crippen LogP contribution < -0.4 is 10.5 Å². The third kappa shape index (κ3) is 3.76. The van der Waals surface area contributed by atoms with Gasteiger partial charge in [-0.05, 0) is 34.0 Å². The van der Waals surface area contributed by atoms with Gasteiger partial charge in [-0.1, -0.05) is 0 Å². The summed E-state index contributed by atoms with van der Waals surface area (Å²) >= 11 is 1.36. The third-order valence-electron chi connectivity index (χ3n) is 3.05. The molecule has 0 fully saturated rings. The summed E-state index contributed by atoms with van der Waals surface area (Å²) in [7, 11) is 0.406. The van der Waals surface area contributed by atoms with Crippen LogP contribution in [0, 0.1) is 0 Å². The molecule has 1 heterocycles. The Kier molecular flexibility index (Phi) is 4.90. The van der Waals surface area contributed by atoms with E-state index in [-0.39, 0.29) is 5.54 Å². The Morgan fingerprint density at radius 2 is 2.06 bits per heavy atom. The van der Waals surface area contributed by atoms with Gasteiger partial charge in [0, 0.05) is 28.9 Å². The van der Waals surface area contributed by atoms with Gasteiger partial charge >= 0.3 is 0 Å². The molecule has 0 aromatic carbocycles.